The van der Waals surface area contributed by atoms with Gasteiger partial charge in [-0.15, -0.1) is 23.1 Å². The quantitative estimate of drug-likeness (QED) is 0.303. The van der Waals surface area contributed by atoms with E-state index < -0.39 is 0 Å². The van der Waals surface area contributed by atoms with Crippen molar-refractivity contribution in [2.24, 2.45) is 0 Å². The average Bonchev–Trinajstić information content (AvgIpc) is 3.32. The van der Waals surface area contributed by atoms with E-state index >= 15 is 0 Å². The smallest absolute Gasteiger partial charge is 0.123 e. The Labute approximate surface area is 183 Å². The molecule has 0 aliphatic carbocycles. The van der Waals surface area contributed by atoms with Gasteiger partial charge in [0.2, 0.25) is 0 Å². The first-order chi connectivity index (χ1) is 14.7. The Hall–Kier alpha value is -3.20. The molecule has 2 nitrogen and oxygen atoms in total. The van der Waals surface area contributed by atoms with Gasteiger partial charge in [0.15, 0.2) is 0 Å². The summed E-state index contributed by atoms with van der Waals surface area (Å²) in [6.45, 7) is 0. The van der Waals surface area contributed by atoms with Crippen molar-refractivity contribution in [2.75, 3.05) is 5.75 Å². The molecule has 4 aromatic rings. The summed E-state index contributed by atoms with van der Waals surface area (Å²) < 4.78 is 13.4. The molecule has 0 unspecified atom stereocenters. The molecule has 0 bridgehead atoms. The minimum absolute atomic E-state index is 0.301. The first-order valence-electron chi connectivity index (χ1n) is 9.34. The van der Waals surface area contributed by atoms with E-state index in [0.29, 0.717) is 16.3 Å². The fourth-order valence-electron chi connectivity index (χ4n) is 3.02. The van der Waals surface area contributed by atoms with Crippen LogP contribution in [-0.2, 0) is 0 Å². The monoisotopic (exact) mass is 428 g/mol. The molecule has 30 heavy (non-hydrogen) atoms. The maximum atomic E-state index is 13.4. The summed E-state index contributed by atoms with van der Waals surface area (Å²) in [6.07, 6.45) is 4.13. The largest absolute Gasteiger partial charge is 0.239 e. The molecule has 4 rings (SSSR count). The lowest BCUT2D eigenvalue weighted by molar-refractivity contribution is 0.628. The first kappa shape index (κ1) is 20.1. The third-order valence-corrected chi connectivity index (χ3v) is 6.27. The van der Waals surface area contributed by atoms with Crippen molar-refractivity contribution in [3.05, 3.63) is 101 Å². The number of halogens is 1. The van der Waals surface area contributed by atoms with Crippen LogP contribution in [0.25, 0.3) is 27.8 Å². The number of hydrogen-bond donors (Lipinski definition) is 0. The fourth-order valence-corrected chi connectivity index (χ4v) is 4.52. The Morgan fingerprint density at radius 2 is 1.83 bits per heavy atom. The second-order valence-corrected chi connectivity index (χ2v) is 8.41. The molecule has 2 aromatic heterocycles. The maximum absolute atomic E-state index is 13.4. The van der Waals surface area contributed by atoms with Gasteiger partial charge >= 0.3 is 0 Å². The van der Waals surface area contributed by atoms with Gasteiger partial charge in [-0.2, -0.15) is 5.26 Å². The molecule has 0 aliphatic rings. The van der Waals surface area contributed by atoms with Gasteiger partial charge in [-0.3, -0.25) is 0 Å². The van der Waals surface area contributed by atoms with Crippen LogP contribution in [0.2, 0.25) is 0 Å². The molecule has 0 saturated carbocycles. The molecule has 5 heteroatoms. The van der Waals surface area contributed by atoms with Crippen molar-refractivity contribution >= 4 is 29.2 Å². The number of thioether (sulfide) groups is 1. The Morgan fingerprint density at radius 3 is 2.53 bits per heavy atom. The first-order valence-corrected chi connectivity index (χ1v) is 11.2. The van der Waals surface area contributed by atoms with Gasteiger partial charge in [-0.1, -0.05) is 60.7 Å². The van der Waals surface area contributed by atoms with Crippen LogP contribution in [0, 0.1) is 17.1 Å². The van der Waals surface area contributed by atoms with Crippen LogP contribution < -0.4 is 0 Å². The Bertz CT molecular complexity index is 1190. The number of thiophene rings is 1. The van der Waals surface area contributed by atoms with Crippen LogP contribution in [0.4, 0.5) is 4.39 Å². The molecule has 146 valence electrons. The van der Waals surface area contributed by atoms with Gasteiger partial charge in [-0.05, 0) is 40.8 Å². The predicted molar refractivity (Wildman–Crippen MR) is 124 cm³/mol. The molecular formula is C25H17FN2S2. The Balaban J connectivity index is 1.70. The zero-order valence-electron chi connectivity index (χ0n) is 16.0. The minimum atomic E-state index is -0.301. The van der Waals surface area contributed by atoms with Crippen molar-refractivity contribution in [1.82, 2.24) is 4.98 Å². The standard InChI is InChI=1S/C25H17FN2S2/c26-20-12-10-19(11-13-20)21-16-23(24-9-5-14-29-24)28-25(22(21)17-27)30-15-4-8-18-6-2-1-3-7-18/h1-14,16H,15H2/b8-4+. The molecule has 2 heterocycles. The summed E-state index contributed by atoms with van der Waals surface area (Å²) in [7, 11) is 0. The summed E-state index contributed by atoms with van der Waals surface area (Å²) in [5, 5.41) is 12.6. The van der Waals surface area contributed by atoms with Gasteiger partial charge in [0.1, 0.15) is 16.9 Å². The molecule has 0 N–H and O–H groups in total. The summed E-state index contributed by atoms with van der Waals surface area (Å²) in [5.41, 5.74) is 4.03. The minimum Gasteiger partial charge on any atom is -0.239 e. The summed E-state index contributed by atoms with van der Waals surface area (Å²) in [5.74, 6) is 0.387. The number of nitrogens with zero attached hydrogens (tertiary/aromatic N) is 2. The highest BCUT2D eigenvalue weighted by molar-refractivity contribution is 7.99. The van der Waals surface area contributed by atoms with Crippen LogP contribution >= 0.6 is 23.1 Å². The predicted octanol–water partition coefficient (Wildman–Crippen LogP) is 7.29. The van der Waals surface area contributed by atoms with Gasteiger partial charge in [0, 0.05) is 11.3 Å². The Morgan fingerprint density at radius 1 is 1.03 bits per heavy atom. The van der Waals surface area contributed by atoms with Crippen molar-refractivity contribution in [3.63, 3.8) is 0 Å². The molecule has 2 aromatic carbocycles. The molecule has 0 saturated heterocycles. The second-order valence-electron chi connectivity index (χ2n) is 6.46. The van der Waals surface area contributed by atoms with Crippen LogP contribution in [0.1, 0.15) is 11.1 Å². The topological polar surface area (TPSA) is 36.7 Å². The van der Waals surface area contributed by atoms with Crippen LogP contribution in [0.5, 0.6) is 0 Å². The summed E-state index contributed by atoms with van der Waals surface area (Å²) >= 11 is 3.13. The van der Waals surface area contributed by atoms with E-state index in [-0.39, 0.29) is 5.82 Å². The third kappa shape index (κ3) is 4.68. The Kier molecular flexibility index (Phi) is 6.38. The van der Waals surface area contributed by atoms with Crippen molar-refractivity contribution in [1.29, 1.82) is 5.26 Å². The number of pyridine rings is 1. The molecule has 0 spiro atoms. The SMILES string of the molecule is N#Cc1c(-c2ccc(F)cc2)cc(-c2cccs2)nc1SC/C=C/c1ccccc1. The number of aromatic nitrogens is 1. The number of hydrogen-bond acceptors (Lipinski definition) is 4. The summed E-state index contributed by atoms with van der Waals surface area (Å²) in [4.78, 5) is 5.81. The van der Waals surface area contributed by atoms with Crippen molar-refractivity contribution in [2.45, 2.75) is 5.03 Å². The van der Waals surface area contributed by atoms with Gasteiger partial charge in [0.05, 0.1) is 16.1 Å². The lowest BCUT2D eigenvalue weighted by Gasteiger charge is -2.11. The average molecular weight is 429 g/mol. The lowest BCUT2D eigenvalue weighted by Crippen LogP contribution is -1.95. The molecule has 0 aliphatic heterocycles. The normalized spacial score (nSPS) is 10.9. The number of benzene rings is 2. The van der Waals surface area contributed by atoms with E-state index in [1.165, 1.54) is 23.9 Å². The zero-order valence-corrected chi connectivity index (χ0v) is 17.6. The van der Waals surface area contributed by atoms with Gasteiger partial charge in [-0.25, -0.2) is 9.37 Å². The molecule has 0 radical (unpaired) electrons. The van der Waals surface area contributed by atoms with E-state index in [0.717, 1.165) is 27.3 Å². The van der Waals surface area contributed by atoms with E-state index in [1.54, 1.807) is 23.5 Å². The van der Waals surface area contributed by atoms with Gasteiger partial charge in [0.25, 0.3) is 0 Å². The molecule has 0 atom stereocenters. The lowest BCUT2D eigenvalue weighted by atomic mass is 10.0. The van der Waals surface area contributed by atoms with Crippen molar-refractivity contribution < 1.29 is 4.39 Å². The highest BCUT2D eigenvalue weighted by atomic mass is 32.2. The highest BCUT2D eigenvalue weighted by Gasteiger charge is 2.16. The van der Waals surface area contributed by atoms with Crippen LogP contribution in [0.3, 0.4) is 0 Å². The molecule has 0 amide bonds. The van der Waals surface area contributed by atoms with E-state index in [9.17, 15) is 9.65 Å². The van der Waals surface area contributed by atoms with Crippen LogP contribution in [0.15, 0.2) is 89.3 Å². The molecular weight excluding hydrogens is 411 g/mol. The molecule has 0 fully saturated rings. The fraction of sp³-hybridized carbons (Fsp3) is 0.0400. The van der Waals surface area contributed by atoms with Crippen LogP contribution in [-0.4, -0.2) is 10.7 Å². The maximum Gasteiger partial charge on any atom is 0.123 e. The van der Waals surface area contributed by atoms with E-state index in [1.807, 2.05) is 53.9 Å². The van der Waals surface area contributed by atoms with Gasteiger partial charge < -0.3 is 0 Å². The van der Waals surface area contributed by atoms with Crippen molar-refractivity contribution in [3.8, 4) is 27.8 Å². The zero-order chi connectivity index (χ0) is 20.8. The van der Waals surface area contributed by atoms with E-state index in [2.05, 4.69) is 18.2 Å². The summed E-state index contributed by atoms with van der Waals surface area (Å²) in [6, 6.07) is 24.5. The third-order valence-electron chi connectivity index (χ3n) is 4.45. The number of nitriles is 1. The number of rotatable bonds is 6. The van der Waals surface area contributed by atoms with E-state index in [4.69, 9.17) is 4.98 Å². The second kappa shape index (κ2) is 9.53. The highest BCUT2D eigenvalue weighted by Crippen LogP contribution is 2.35.